The quantitative estimate of drug-likeness (QED) is 0.273. The van der Waals surface area contributed by atoms with E-state index in [1.54, 1.807) is 0 Å². The highest BCUT2D eigenvalue weighted by Crippen LogP contribution is 2.29. The summed E-state index contributed by atoms with van der Waals surface area (Å²) in [6.45, 7) is 5.32. The van der Waals surface area contributed by atoms with E-state index in [1.807, 2.05) is 18.9 Å². The molecule has 1 aromatic carbocycles. The van der Waals surface area contributed by atoms with E-state index in [0.29, 0.717) is 19.7 Å². The number of aliphatic imine (C=N–C) groups is 1. The van der Waals surface area contributed by atoms with Gasteiger partial charge in [-0.2, -0.15) is 13.2 Å². The molecule has 0 spiro atoms. The Kier molecular flexibility index (Phi) is 10.1. The number of rotatable bonds is 6. The molecule has 27 heavy (non-hydrogen) atoms. The summed E-state index contributed by atoms with van der Waals surface area (Å²) in [5.41, 5.74) is 1.54. The van der Waals surface area contributed by atoms with E-state index in [0.717, 1.165) is 49.6 Å². The minimum Gasteiger partial charge on any atom is -0.377 e. The van der Waals surface area contributed by atoms with E-state index >= 15 is 0 Å². The maximum absolute atomic E-state index is 12.7. The summed E-state index contributed by atoms with van der Waals surface area (Å²) in [6, 6.07) is 5.25. The van der Waals surface area contributed by atoms with Gasteiger partial charge in [-0.15, -0.1) is 24.0 Å². The number of halogens is 4. The zero-order valence-corrected chi connectivity index (χ0v) is 18.0. The van der Waals surface area contributed by atoms with Crippen molar-refractivity contribution in [3.05, 3.63) is 47.0 Å². The van der Waals surface area contributed by atoms with Gasteiger partial charge in [0.15, 0.2) is 5.96 Å². The van der Waals surface area contributed by atoms with Crippen molar-refractivity contribution < 1.29 is 17.9 Å². The highest BCUT2D eigenvalue weighted by molar-refractivity contribution is 14.0. The fourth-order valence-corrected chi connectivity index (χ4v) is 2.72. The van der Waals surface area contributed by atoms with Crippen LogP contribution in [0.4, 0.5) is 13.2 Å². The fraction of sp³-hybridized carbons (Fsp3) is 0.526. The van der Waals surface area contributed by atoms with Crippen LogP contribution in [0.5, 0.6) is 0 Å². The first-order valence-corrected chi connectivity index (χ1v) is 8.81. The molecule has 0 aliphatic carbocycles. The molecular formula is C19H27F3IN3O. The third-order valence-corrected chi connectivity index (χ3v) is 4.15. The van der Waals surface area contributed by atoms with Crippen molar-refractivity contribution in [1.82, 2.24) is 10.2 Å². The van der Waals surface area contributed by atoms with Gasteiger partial charge < -0.3 is 15.0 Å². The maximum atomic E-state index is 12.7. The van der Waals surface area contributed by atoms with Crippen LogP contribution in [0.3, 0.4) is 0 Å². The molecule has 0 radical (unpaired) electrons. The Bertz CT molecular complexity index is 630. The second kappa shape index (κ2) is 11.5. The number of guanidine groups is 1. The minimum absolute atomic E-state index is 0. The van der Waals surface area contributed by atoms with Gasteiger partial charge in [0.2, 0.25) is 0 Å². The lowest BCUT2D eigenvalue weighted by atomic mass is 10.1. The molecule has 0 saturated heterocycles. The zero-order chi connectivity index (χ0) is 19.0. The van der Waals surface area contributed by atoms with Gasteiger partial charge in [0, 0.05) is 26.7 Å². The molecule has 0 unspecified atom stereocenters. The molecule has 8 heteroatoms. The van der Waals surface area contributed by atoms with E-state index in [1.165, 1.54) is 17.7 Å². The van der Waals surface area contributed by atoms with Gasteiger partial charge in [0.25, 0.3) is 0 Å². The summed E-state index contributed by atoms with van der Waals surface area (Å²) in [5.74, 6) is 0.750. The topological polar surface area (TPSA) is 36.9 Å². The molecule has 0 saturated carbocycles. The molecule has 2 rings (SSSR count). The Balaban J connectivity index is 0.00000364. The van der Waals surface area contributed by atoms with Crippen molar-refractivity contribution >= 4 is 29.9 Å². The molecular weight excluding hydrogens is 470 g/mol. The molecule has 4 nitrogen and oxygen atoms in total. The average molecular weight is 497 g/mol. The van der Waals surface area contributed by atoms with Gasteiger partial charge in [0.05, 0.1) is 18.8 Å². The number of ether oxygens (including phenoxy) is 1. The first kappa shape index (κ1) is 23.7. The van der Waals surface area contributed by atoms with Crippen LogP contribution in [0.2, 0.25) is 0 Å². The summed E-state index contributed by atoms with van der Waals surface area (Å²) in [4.78, 5) is 6.55. The second-order valence-electron chi connectivity index (χ2n) is 6.22. The SMILES string of the molecule is CCNC(=NCCC1=CCOCC1)N(C)Cc1ccc(C(F)(F)F)cc1.I. The number of hydrogen-bond donors (Lipinski definition) is 1. The maximum Gasteiger partial charge on any atom is 0.416 e. The van der Waals surface area contributed by atoms with Gasteiger partial charge in [0.1, 0.15) is 0 Å². The van der Waals surface area contributed by atoms with Gasteiger partial charge in [-0.3, -0.25) is 4.99 Å². The Morgan fingerprint density at radius 1 is 1.26 bits per heavy atom. The Morgan fingerprint density at radius 2 is 1.96 bits per heavy atom. The van der Waals surface area contributed by atoms with E-state index in [-0.39, 0.29) is 24.0 Å². The van der Waals surface area contributed by atoms with Crippen molar-refractivity contribution in [2.75, 3.05) is 33.4 Å². The fourth-order valence-electron chi connectivity index (χ4n) is 2.72. The highest BCUT2D eigenvalue weighted by atomic mass is 127. The molecule has 1 aliphatic heterocycles. The number of hydrogen-bond acceptors (Lipinski definition) is 2. The van der Waals surface area contributed by atoms with Crippen LogP contribution in [0, 0.1) is 0 Å². The first-order chi connectivity index (χ1) is 12.4. The molecule has 1 aliphatic rings. The van der Waals surface area contributed by atoms with E-state index < -0.39 is 11.7 Å². The van der Waals surface area contributed by atoms with Crippen LogP contribution < -0.4 is 5.32 Å². The molecule has 0 aromatic heterocycles. The molecule has 1 aromatic rings. The van der Waals surface area contributed by atoms with Crippen LogP contribution in [0.1, 0.15) is 30.9 Å². The molecule has 0 atom stereocenters. The number of nitrogens with zero attached hydrogens (tertiary/aromatic N) is 2. The second-order valence-corrected chi connectivity index (χ2v) is 6.22. The third kappa shape index (κ3) is 8.08. The van der Waals surface area contributed by atoms with E-state index in [4.69, 9.17) is 4.74 Å². The summed E-state index contributed by atoms with van der Waals surface area (Å²) in [7, 11) is 1.88. The first-order valence-electron chi connectivity index (χ1n) is 8.81. The molecule has 1 N–H and O–H groups in total. The average Bonchev–Trinajstić information content (AvgIpc) is 2.61. The zero-order valence-electron chi connectivity index (χ0n) is 15.7. The highest BCUT2D eigenvalue weighted by Gasteiger charge is 2.29. The Morgan fingerprint density at radius 3 is 2.52 bits per heavy atom. The van der Waals surface area contributed by atoms with Crippen molar-refractivity contribution in [3.8, 4) is 0 Å². The van der Waals surface area contributed by atoms with Crippen molar-refractivity contribution in [2.24, 2.45) is 4.99 Å². The van der Waals surface area contributed by atoms with Crippen LogP contribution in [0.15, 0.2) is 40.9 Å². The lowest BCUT2D eigenvalue weighted by Crippen LogP contribution is -2.38. The normalized spacial score (nSPS) is 15.0. The van der Waals surface area contributed by atoms with E-state index in [9.17, 15) is 13.2 Å². The van der Waals surface area contributed by atoms with Crippen molar-refractivity contribution in [1.29, 1.82) is 0 Å². The Hall–Kier alpha value is -1.29. The van der Waals surface area contributed by atoms with Gasteiger partial charge in [-0.1, -0.05) is 23.8 Å². The number of alkyl halides is 3. The lowest BCUT2D eigenvalue weighted by Gasteiger charge is -2.22. The van der Waals surface area contributed by atoms with Crippen LogP contribution in [-0.2, 0) is 17.5 Å². The largest absolute Gasteiger partial charge is 0.416 e. The predicted octanol–water partition coefficient (Wildman–Crippen LogP) is 4.46. The third-order valence-electron chi connectivity index (χ3n) is 4.15. The predicted molar refractivity (Wildman–Crippen MR) is 112 cm³/mol. The van der Waals surface area contributed by atoms with Crippen molar-refractivity contribution in [3.63, 3.8) is 0 Å². The van der Waals surface area contributed by atoms with Crippen LogP contribution in [0.25, 0.3) is 0 Å². The Labute approximate surface area is 175 Å². The molecule has 0 fully saturated rings. The van der Waals surface area contributed by atoms with Gasteiger partial charge in [-0.25, -0.2) is 0 Å². The smallest absolute Gasteiger partial charge is 0.377 e. The van der Waals surface area contributed by atoms with Gasteiger partial charge >= 0.3 is 6.18 Å². The van der Waals surface area contributed by atoms with Crippen LogP contribution in [-0.4, -0.2) is 44.2 Å². The van der Waals surface area contributed by atoms with Gasteiger partial charge in [-0.05, 0) is 37.5 Å². The number of nitrogens with one attached hydrogen (secondary N) is 1. The summed E-state index contributed by atoms with van der Waals surface area (Å²) in [6.07, 6.45) is -0.350. The van der Waals surface area contributed by atoms with E-state index in [2.05, 4.69) is 16.4 Å². The molecule has 0 amide bonds. The molecule has 1 heterocycles. The minimum atomic E-state index is -4.31. The molecule has 0 bridgehead atoms. The van der Waals surface area contributed by atoms with Crippen LogP contribution >= 0.6 is 24.0 Å². The molecule has 152 valence electrons. The number of benzene rings is 1. The summed E-state index contributed by atoms with van der Waals surface area (Å²) in [5, 5.41) is 3.23. The van der Waals surface area contributed by atoms with Crippen molar-refractivity contribution in [2.45, 2.75) is 32.5 Å². The summed E-state index contributed by atoms with van der Waals surface area (Å²) >= 11 is 0. The summed E-state index contributed by atoms with van der Waals surface area (Å²) < 4.78 is 43.3. The standard InChI is InChI=1S/C19H26F3N3O.HI/c1-3-23-18(24-11-8-15-9-12-26-13-10-15)25(2)14-16-4-6-17(7-5-16)19(20,21)22;/h4-7,9H,3,8,10-14H2,1-2H3,(H,23,24);1H. The lowest BCUT2D eigenvalue weighted by molar-refractivity contribution is -0.137. The monoisotopic (exact) mass is 497 g/mol.